The Labute approximate surface area is 125 Å². The number of benzene rings is 1. The molecule has 3 N–H and O–H groups in total. The molecule has 2 heterocycles. The molecule has 0 aliphatic carbocycles. The van der Waals surface area contributed by atoms with Gasteiger partial charge in [0.25, 0.3) is 0 Å². The van der Waals surface area contributed by atoms with Crippen molar-refractivity contribution in [1.82, 2.24) is 9.97 Å². The number of rotatable bonds is 4. The molecule has 2 aromatic heterocycles. The lowest BCUT2D eigenvalue weighted by molar-refractivity contribution is 0.160. The molecule has 21 heavy (non-hydrogen) atoms. The maximum absolute atomic E-state index is 10.4. The van der Waals surface area contributed by atoms with Gasteiger partial charge in [-0.15, -0.1) is 11.3 Å². The lowest BCUT2D eigenvalue weighted by atomic mass is 10.0. The summed E-state index contributed by atoms with van der Waals surface area (Å²) in [5.41, 5.74) is 0.739. The third kappa shape index (κ3) is 2.81. The van der Waals surface area contributed by atoms with E-state index in [9.17, 15) is 10.2 Å². The highest BCUT2D eigenvalue weighted by Crippen LogP contribution is 2.27. The zero-order valence-corrected chi connectivity index (χ0v) is 12.2. The third-order valence-electron chi connectivity index (χ3n) is 3.33. The van der Waals surface area contributed by atoms with E-state index in [4.69, 9.17) is 0 Å². The molecule has 0 amide bonds. The largest absolute Gasteiger partial charge is 0.508 e. The minimum absolute atomic E-state index is 0.183. The first-order valence-corrected chi connectivity index (χ1v) is 7.45. The number of thiophene rings is 1. The van der Waals surface area contributed by atoms with Gasteiger partial charge in [-0.05, 0) is 36.1 Å². The highest BCUT2D eigenvalue weighted by Gasteiger charge is 2.18. The SMILES string of the molecule is CC(Nc1ncnc2sccc12)C(O)c1ccc(O)cc1. The van der Waals surface area contributed by atoms with Crippen LogP contribution >= 0.6 is 11.3 Å². The molecule has 0 aliphatic rings. The van der Waals surface area contributed by atoms with E-state index < -0.39 is 6.10 Å². The Kier molecular flexibility index (Phi) is 3.72. The van der Waals surface area contributed by atoms with E-state index in [1.807, 2.05) is 18.4 Å². The maximum Gasteiger partial charge on any atom is 0.138 e. The number of aliphatic hydroxyl groups excluding tert-OH is 1. The molecule has 2 unspecified atom stereocenters. The molecule has 1 aromatic carbocycles. The van der Waals surface area contributed by atoms with Gasteiger partial charge in [0.05, 0.1) is 17.5 Å². The number of anilines is 1. The van der Waals surface area contributed by atoms with Crippen LogP contribution in [-0.4, -0.2) is 26.2 Å². The van der Waals surface area contributed by atoms with Crippen LogP contribution in [0.15, 0.2) is 42.0 Å². The average Bonchev–Trinajstić information content (AvgIpc) is 2.97. The molecule has 0 fully saturated rings. The molecule has 0 saturated carbocycles. The second-order valence-corrected chi connectivity index (χ2v) is 5.73. The standard InChI is InChI=1S/C15H15N3O2S/c1-9(13(20)10-2-4-11(19)5-3-10)18-14-12-6-7-21-15(12)17-8-16-14/h2-9,13,19-20H,1H3,(H,16,17,18). The number of phenols is 1. The van der Waals surface area contributed by atoms with E-state index >= 15 is 0 Å². The monoisotopic (exact) mass is 301 g/mol. The summed E-state index contributed by atoms with van der Waals surface area (Å²) in [4.78, 5) is 9.36. The van der Waals surface area contributed by atoms with Crippen LogP contribution in [0.25, 0.3) is 10.2 Å². The fourth-order valence-corrected chi connectivity index (χ4v) is 2.89. The normalized spacial score (nSPS) is 14.0. The van der Waals surface area contributed by atoms with Gasteiger partial charge in [-0.2, -0.15) is 0 Å². The molecule has 3 rings (SSSR count). The van der Waals surface area contributed by atoms with Gasteiger partial charge in [-0.25, -0.2) is 9.97 Å². The first kappa shape index (κ1) is 13.8. The van der Waals surface area contributed by atoms with Crippen molar-refractivity contribution < 1.29 is 10.2 Å². The van der Waals surface area contributed by atoms with E-state index in [1.54, 1.807) is 35.6 Å². The second kappa shape index (κ2) is 5.67. The zero-order chi connectivity index (χ0) is 14.8. The van der Waals surface area contributed by atoms with Gasteiger partial charge >= 0.3 is 0 Å². The van der Waals surface area contributed by atoms with Crippen LogP contribution in [0.2, 0.25) is 0 Å². The van der Waals surface area contributed by atoms with Crippen LogP contribution in [0.3, 0.4) is 0 Å². The molecule has 0 bridgehead atoms. The van der Waals surface area contributed by atoms with E-state index in [2.05, 4.69) is 15.3 Å². The minimum Gasteiger partial charge on any atom is -0.508 e. The number of fused-ring (bicyclic) bond motifs is 1. The number of nitrogens with zero attached hydrogens (tertiary/aromatic N) is 2. The second-order valence-electron chi connectivity index (χ2n) is 4.83. The van der Waals surface area contributed by atoms with Crippen LogP contribution < -0.4 is 5.32 Å². The summed E-state index contributed by atoms with van der Waals surface area (Å²) >= 11 is 1.55. The fourth-order valence-electron chi connectivity index (χ4n) is 2.16. The molecule has 6 heteroatoms. The van der Waals surface area contributed by atoms with Crippen molar-refractivity contribution in [2.75, 3.05) is 5.32 Å². The summed E-state index contributed by atoms with van der Waals surface area (Å²) < 4.78 is 0. The Morgan fingerprint density at radius 3 is 2.67 bits per heavy atom. The van der Waals surface area contributed by atoms with E-state index in [1.165, 1.54) is 6.33 Å². The average molecular weight is 301 g/mol. The van der Waals surface area contributed by atoms with Crippen molar-refractivity contribution in [3.63, 3.8) is 0 Å². The lowest BCUT2D eigenvalue weighted by Crippen LogP contribution is -2.24. The van der Waals surface area contributed by atoms with Crippen molar-refractivity contribution in [3.05, 3.63) is 47.6 Å². The molecule has 0 spiro atoms. The van der Waals surface area contributed by atoms with E-state index in [0.717, 1.165) is 15.8 Å². The maximum atomic E-state index is 10.4. The van der Waals surface area contributed by atoms with Crippen molar-refractivity contribution >= 4 is 27.4 Å². The molecule has 3 aromatic rings. The third-order valence-corrected chi connectivity index (χ3v) is 4.16. The van der Waals surface area contributed by atoms with Gasteiger partial charge in [0, 0.05) is 0 Å². The quantitative estimate of drug-likeness (QED) is 0.690. The Balaban J connectivity index is 1.81. The Morgan fingerprint density at radius 1 is 1.14 bits per heavy atom. The number of nitrogens with one attached hydrogen (secondary N) is 1. The van der Waals surface area contributed by atoms with Crippen LogP contribution in [0.5, 0.6) is 5.75 Å². The molecule has 5 nitrogen and oxygen atoms in total. The smallest absolute Gasteiger partial charge is 0.138 e. The number of hydrogen-bond donors (Lipinski definition) is 3. The van der Waals surface area contributed by atoms with Crippen LogP contribution in [0.4, 0.5) is 5.82 Å². The molecular weight excluding hydrogens is 286 g/mol. The van der Waals surface area contributed by atoms with E-state index in [0.29, 0.717) is 5.82 Å². The number of aliphatic hydroxyl groups is 1. The first-order chi connectivity index (χ1) is 10.1. The highest BCUT2D eigenvalue weighted by molar-refractivity contribution is 7.16. The predicted molar refractivity (Wildman–Crippen MR) is 83.6 cm³/mol. The van der Waals surface area contributed by atoms with E-state index in [-0.39, 0.29) is 11.8 Å². The summed E-state index contributed by atoms with van der Waals surface area (Å²) in [6, 6.07) is 8.27. The Bertz CT molecular complexity index is 742. The van der Waals surface area contributed by atoms with Gasteiger partial charge in [0.1, 0.15) is 22.7 Å². The Hall–Kier alpha value is -2.18. The van der Waals surface area contributed by atoms with Crippen LogP contribution in [-0.2, 0) is 0 Å². The van der Waals surface area contributed by atoms with Crippen molar-refractivity contribution in [1.29, 1.82) is 0 Å². The molecule has 0 radical (unpaired) electrons. The van der Waals surface area contributed by atoms with Gasteiger partial charge in [0.2, 0.25) is 0 Å². The van der Waals surface area contributed by atoms with Crippen molar-refractivity contribution in [2.24, 2.45) is 0 Å². The van der Waals surface area contributed by atoms with Crippen LogP contribution in [0, 0.1) is 0 Å². The summed E-state index contributed by atoms with van der Waals surface area (Å²) in [6.07, 6.45) is 0.815. The van der Waals surface area contributed by atoms with Gasteiger partial charge in [0.15, 0.2) is 0 Å². The van der Waals surface area contributed by atoms with Gasteiger partial charge in [-0.3, -0.25) is 0 Å². The zero-order valence-electron chi connectivity index (χ0n) is 11.4. The summed E-state index contributed by atoms with van der Waals surface area (Å²) in [5, 5.41) is 25.8. The Morgan fingerprint density at radius 2 is 1.90 bits per heavy atom. The molecule has 0 aliphatic heterocycles. The molecule has 108 valence electrons. The topological polar surface area (TPSA) is 78.3 Å². The van der Waals surface area contributed by atoms with Gasteiger partial charge < -0.3 is 15.5 Å². The fraction of sp³-hybridized carbons (Fsp3) is 0.200. The molecule has 0 saturated heterocycles. The summed E-state index contributed by atoms with van der Waals surface area (Å²) in [7, 11) is 0. The van der Waals surface area contributed by atoms with Crippen molar-refractivity contribution in [3.8, 4) is 5.75 Å². The molecular formula is C15H15N3O2S. The summed E-state index contributed by atoms with van der Waals surface area (Å²) in [5.74, 6) is 0.897. The number of hydrogen-bond acceptors (Lipinski definition) is 6. The van der Waals surface area contributed by atoms with Crippen LogP contribution in [0.1, 0.15) is 18.6 Å². The molecule has 2 atom stereocenters. The number of phenolic OH excluding ortho intramolecular Hbond substituents is 1. The van der Waals surface area contributed by atoms with Crippen molar-refractivity contribution in [2.45, 2.75) is 19.1 Å². The first-order valence-electron chi connectivity index (χ1n) is 6.57. The predicted octanol–water partition coefficient (Wildman–Crippen LogP) is 2.93. The number of aromatic hydroxyl groups is 1. The summed E-state index contributed by atoms with van der Waals surface area (Å²) in [6.45, 7) is 1.89. The highest BCUT2D eigenvalue weighted by atomic mass is 32.1. The number of aromatic nitrogens is 2. The van der Waals surface area contributed by atoms with Gasteiger partial charge in [-0.1, -0.05) is 12.1 Å². The lowest BCUT2D eigenvalue weighted by Gasteiger charge is -2.21. The minimum atomic E-state index is -0.700.